The third-order valence-electron chi connectivity index (χ3n) is 2.51. The minimum absolute atomic E-state index is 0.0710. The number of hydrogen-bond donors (Lipinski definition) is 2. The highest BCUT2D eigenvalue weighted by atomic mass is 79.9. The minimum atomic E-state index is -0.395. The topological polar surface area (TPSA) is 67.2 Å². The number of rotatable bonds is 5. The Morgan fingerprint density at radius 2 is 2.05 bits per heavy atom. The van der Waals surface area contributed by atoms with Crippen molar-refractivity contribution in [1.82, 2.24) is 0 Å². The van der Waals surface area contributed by atoms with Gasteiger partial charge in [-0.25, -0.2) is 0 Å². The first-order valence-electron chi connectivity index (χ1n) is 5.54. The second-order valence-electron chi connectivity index (χ2n) is 3.84. The molecule has 2 rings (SSSR count). The van der Waals surface area contributed by atoms with Crippen molar-refractivity contribution in [1.29, 1.82) is 0 Å². The normalized spacial score (nSPS) is 10.2. The Morgan fingerprint density at radius 3 is 2.63 bits per heavy atom. The van der Waals surface area contributed by atoms with E-state index >= 15 is 0 Å². The third kappa shape index (κ3) is 3.68. The molecule has 0 aliphatic rings. The molecule has 0 saturated carbocycles. The summed E-state index contributed by atoms with van der Waals surface area (Å²) in [5.74, 6) is 0. The summed E-state index contributed by atoms with van der Waals surface area (Å²) in [5.41, 5.74) is 1.51. The number of anilines is 2. The van der Waals surface area contributed by atoms with Crippen molar-refractivity contribution in [2.24, 2.45) is 0 Å². The molecule has 0 radical (unpaired) electrons. The van der Waals surface area contributed by atoms with E-state index in [0.29, 0.717) is 12.2 Å². The van der Waals surface area contributed by atoms with Crippen LogP contribution in [0.1, 0.15) is 4.88 Å². The number of nitrogens with zero attached hydrogens (tertiary/aromatic N) is 1. The SMILES string of the molecule is CNc1cc(NCc2ccc(Br)s2)cc([N+](=O)[O-])c1. The number of benzene rings is 1. The summed E-state index contributed by atoms with van der Waals surface area (Å²) in [5, 5.41) is 16.9. The van der Waals surface area contributed by atoms with Crippen molar-refractivity contribution in [3.05, 3.63) is 49.1 Å². The summed E-state index contributed by atoms with van der Waals surface area (Å²) in [7, 11) is 1.74. The van der Waals surface area contributed by atoms with Gasteiger partial charge >= 0.3 is 0 Å². The molecule has 1 aromatic carbocycles. The quantitative estimate of drug-likeness (QED) is 0.635. The predicted molar refractivity (Wildman–Crippen MR) is 82.0 cm³/mol. The molecule has 2 aromatic rings. The van der Waals surface area contributed by atoms with Crippen molar-refractivity contribution < 1.29 is 4.92 Å². The summed E-state index contributed by atoms with van der Waals surface area (Å²) >= 11 is 5.04. The first kappa shape index (κ1) is 13.8. The zero-order chi connectivity index (χ0) is 13.8. The van der Waals surface area contributed by atoms with Crippen LogP contribution in [0.25, 0.3) is 0 Å². The molecular formula is C12H12BrN3O2S. The molecule has 5 nitrogen and oxygen atoms in total. The molecule has 0 atom stereocenters. The van der Waals surface area contributed by atoms with E-state index in [1.165, 1.54) is 12.1 Å². The lowest BCUT2D eigenvalue weighted by molar-refractivity contribution is -0.384. The number of thiophene rings is 1. The molecule has 7 heteroatoms. The fourth-order valence-electron chi connectivity index (χ4n) is 1.60. The van der Waals surface area contributed by atoms with Gasteiger partial charge in [0.05, 0.1) is 8.71 Å². The Labute approximate surface area is 122 Å². The van der Waals surface area contributed by atoms with Crippen LogP contribution >= 0.6 is 27.3 Å². The van der Waals surface area contributed by atoms with Crippen molar-refractivity contribution >= 4 is 44.3 Å². The van der Waals surface area contributed by atoms with Gasteiger partial charge in [0, 0.05) is 42.0 Å². The van der Waals surface area contributed by atoms with Gasteiger partial charge in [-0.2, -0.15) is 0 Å². The second-order valence-corrected chi connectivity index (χ2v) is 6.38. The van der Waals surface area contributed by atoms with E-state index in [1.807, 2.05) is 18.2 Å². The standard InChI is InChI=1S/C12H12BrN3O2S/c1-14-8-4-9(6-10(5-8)16(17)18)15-7-11-2-3-12(13)19-11/h2-6,14-15H,7H2,1H3. The van der Waals surface area contributed by atoms with E-state index in [0.717, 1.165) is 14.4 Å². The predicted octanol–water partition coefficient (Wildman–Crippen LogP) is 4.07. The number of halogens is 1. The molecule has 0 unspecified atom stereocenters. The summed E-state index contributed by atoms with van der Waals surface area (Å²) in [6.07, 6.45) is 0. The molecule has 100 valence electrons. The largest absolute Gasteiger partial charge is 0.388 e. The maximum Gasteiger partial charge on any atom is 0.273 e. The molecular weight excluding hydrogens is 330 g/mol. The summed E-state index contributed by atoms with van der Waals surface area (Å²) in [4.78, 5) is 11.6. The zero-order valence-electron chi connectivity index (χ0n) is 10.1. The van der Waals surface area contributed by atoms with Crippen LogP contribution in [0.15, 0.2) is 34.1 Å². The number of hydrogen-bond acceptors (Lipinski definition) is 5. The molecule has 0 fully saturated rings. The van der Waals surface area contributed by atoms with E-state index in [4.69, 9.17) is 0 Å². The van der Waals surface area contributed by atoms with Crippen LogP contribution in [0.3, 0.4) is 0 Å². The average Bonchev–Trinajstić information content (AvgIpc) is 2.81. The van der Waals surface area contributed by atoms with Crippen LogP contribution in [-0.4, -0.2) is 12.0 Å². The summed E-state index contributed by atoms with van der Waals surface area (Å²) in [6.45, 7) is 0.639. The Bertz CT molecular complexity index is 600. The number of non-ortho nitro benzene ring substituents is 1. The van der Waals surface area contributed by atoms with Crippen LogP contribution in [0.4, 0.5) is 17.1 Å². The average molecular weight is 342 g/mol. The number of nitro groups is 1. The van der Waals surface area contributed by atoms with Crippen LogP contribution in [0.2, 0.25) is 0 Å². The molecule has 1 heterocycles. The lowest BCUT2D eigenvalue weighted by Gasteiger charge is -2.07. The smallest absolute Gasteiger partial charge is 0.273 e. The molecule has 0 spiro atoms. The molecule has 2 N–H and O–H groups in total. The molecule has 0 amide bonds. The lowest BCUT2D eigenvalue weighted by Crippen LogP contribution is -2.00. The van der Waals surface area contributed by atoms with Crippen LogP contribution in [0, 0.1) is 10.1 Å². The van der Waals surface area contributed by atoms with Gasteiger partial charge in [0.15, 0.2) is 0 Å². The van der Waals surface area contributed by atoms with Crippen molar-refractivity contribution in [3.63, 3.8) is 0 Å². The van der Waals surface area contributed by atoms with Crippen molar-refractivity contribution in [3.8, 4) is 0 Å². The Hall–Kier alpha value is -1.60. The Morgan fingerprint density at radius 1 is 1.32 bits per heavy atom. The van der Waals surface area contributed by atoms with Gasteiger partial charge in [-0.1, -0.05) is 0 Å². The van der Waals surface area contributed by atoms with E-state index in [-0.39, 0.29) is 5.69 Å². The third-order valence-corrected chi connectivity index (χ3v) is 4.14. The van der Waals surface area contributed by atoms with Crippen LogP contribution < -0.4 is 10.6 Å². The molecule has 1 aromatic heterocycles. The van der Waals surface area contributed by atoms with Gasteiger partial charge in [0.25, 0.3) is 5.69 Å². The van der Waals surface area contributed by atoms with E-state index < -0.39 is 4.92 Å². The van der Waals surface area contributed by atoms with Crippen LogP contribution in [-0.2, 0) is 6.54 Å². The van der Waals surface area contributed by atoms with Gasteiger partial charge in [-0.3, -0.25) is 10.1 Å². The molecule has 0 aliphatic carbocycles. The first-order chi connectivity index (χ1) is 9.08. The molecule has 19 heavy (non-hydrogen) atoms. The fourth-order valence-corrected chi connectivity index (χ4v) is 3.02. The van der Waals surface area contributed by atoms with Gasteiger partial charge < -0.3 is 10.6 Å². The highest BCUT2D eigenvalue weighted by Gasteiger charge is 2.09. The number of nitro benzene ring substituents is 1. The minimum Gasteiger partial charge on any atom is -0.388 e. The van der Waals surface area contributed by atoms with Crippen LogP contribution in [0.5, 0.6) is 0 Å². The highest BCUT2D eigenvalue weighted by molar-refractivity contribution is 9.11. The maximum atomic E-state index is 10.8. The fraction of sp³-hybridized carbons (Fsp3) is 0.167. The first-order valence-corrected chi connectivity index (χ1v) is 7.15. The molecule has 0 saturated heterocycles. The molecule has 0 aliphatic heterocycles. The van der Waals surface area contributed by atoms with Gasteiger partial charge in [-0.15, -0.1) is 11.3 Å². The molecule has 0 bridgehead atoms. The monoisotopic (exact) mass is 341 g/mol. The van der Waals surface area contributed by atoms with Crippen molar-refractivity contribution in [2.45, 2.75) is 6.54 Å². The van der Waals surface area contributed by atoms with E-state index in [9.17, 15) is 10.1 Å². The summed E-state index contributed by atoms with van der Waals surface area (Å²) < 4.78 is 1.07. The second kappa shape index (κ2) is 6.03. The Balaban J connectivity index is 2.15. The zero-order valence-corrected chi connectivity index (χ0v) is 12.5. The highest BCUT2D eigenvalue weighted by Crippen LogP contribution is 2.26. The number of nitrogens with one attached hydrogen (secondary N) is 2. The van der Waals surface area contributed by atoms with E-state index in [1.54, 1.807) is 18.4 Å². The van der Waals surface area contributed by atoms with Crippen molar-refractivity contribution in [2.75, 3.05) is 17.7 Å². The lowest BCUT2D eigenvalue weighted by atomic mass is 10.2. The Kier molecular flexibility index (Phi) is 4.39. The van der Waals surface area contributed by atoms with Gasteiger partial charge in [-0.05, 0) is 34.1 Å². The van der Waals surface area contributed by atoms with Gasteiger partial charge in [0.1, 0.15) is 0 Å². The van der Waals surface area contributed by atoms with E-state index in [2.05, 4.69) is 26.6 Å². The summed E-state index contributed by atoms with van der Waals surface area (Å²) in [6, 6.07) is 8.87. The van der Waals surface area contributed by atoms with Gasteiger partial charge in [0.2, 0.25) is 0 Å². The maximum absolute atomic E-state index is 10.8.